The Hall–Kier alpha value is -3.59. The van der Waals surface area contributed by atoms with Crippen molar-refractivity contribution in [2.75, 3.05) is 40.4 Å². The molecule has 1 saturated heterocycles. The Labute approximate surface area is 202 Å². The van der Waals surface area contributed by atoms with Gasteiger partial charge in [0.25, 0.3) is 5.56 Å². The van der Waals surface area contributed by atoms with Crippen molar-refractivity contribution in [2.45, 2.75) is 25.9 Å². The fraction of sp³-hybridized carbons (Fsp3) is 0.423. The van der Waals surface area contributed by atoms with Crippen LogP contribution in [0.25, 0.3) is 11.0 Å². The molecule has 1 fully saturated rings. The van der Waals surface area contributed by atoms with E-state index in [4.69, 9.17) is 13.9 Å². The van der Waals surface area contributed by atoms with E-state index in [0.29, 0.717) is 51.3 Å². The molecular formula is C26H29N3O6. The molecule has 184 valence electrons. The van der Waals surface area contributed by atoms with Gasteiger partial charge in [-0.05, 0) is 12.1 Å². The highest BCUT2D eigenvalue weighted by Crippen LogP contribution is 2.27. The van der Waals surface area contributed by atoms with Crippen LogP contribution in [-0.2, 0) is 29.0 Å². The number of para-hydroxylation sites is 1. The van der Waals surface area contributed by atoms with Crippen LogP contribution in [-0.4, -0.2) is 66.6 Å². The maximum atomic E-state index is 13.0. The first-order valence-electron chi connectivity index (χ1n) is 11.8. The Morgan fingerprint density at radius 1 is 1.14 bits per heavy atom. The number of aromatic nitrogens is 1. The Balaban J connectivity index is 1.37. The summed E-state index contributed by atoms with van der Waals surface area (Å²) in [6.45, 7) is 3.18. The lowest BCUT2D eigenvalue weighted by atomic mass is 10.1. The molecule has 1 aromatic carbocycles. The van der Waals surface area contributed by atoms with Crippen molar-refractivity contribution in [2.24, 2.45) is 5.92 Å². The molecule has 0 radical (unpaired) electrons. The maximum Gasteiger partial charge on any atom is 0.343 e. The van der Waals surface area contributed by atoms with Gasteiger partial charge in [0.05, 0.1) is 20.3 Å². The standard InChI is InChI=1S/C26H29N3O6/c1-27-14-17(11-23(27)30)16-34-22-13-24(31)29-10-9-28(8-7-20(29)25(22)26(32)33-2)15-19-12-18-5-3-4-6-21(18)35-19/h3-6,12-13,17H,7-11,14-16H2,1-2H3/t17-/m0/s1. The summed E-state index contributed by atoms with van der Waals surface area (Å²) in [5.41, 5.74) is 1.54. The molecule has 2 aliphatic heterocycles. The van der Waals surface area contributed by atoms with Gasteiger partial charge in [-0.2, -0.15) is 0 Å². The van der Waals surface area contributed by atoms with E-state index in [-0.39, 0.29) is 35.3 Å². The molecule has 1 amide bonds. The SMILES string of the molecule is COC(=O)c1c(OC[C@H]2CC(=O)N(C)C2)cc(=O)n2c1CCN(Cc1cc3ccccc3o1)CC2. The summed E-state index contributed by atoms with van der Waals surface area (Å²) in [4.78, 5) is 41.5. The van der Waals surface area contributed by atoms with E-state index in [1.807, 2.05) is 30.3 Å². The van der Waals surface area contributed by atoms with Gasteiger partial charge in [0.15, 0.2) is 0 Å². The zero-order valence-corrected chi connectivity index (χ0v) is 20.0. The van der Waals surface area contributed by atoms with Crippen LogP contribution in [0.3, 0.4) is 0 Å². The summed E-state index contributed by atoms with van der Waals surface area (Å²) in [7, 11) is 3.08. The topological polar surface area (TPSA) is 94.2 Å². The number of methoxy groups -OCH3 is 1. The number of benzene rings is 1. The molecule has 9 heteroatoms. The predicted octanol–water partition coefficient (Wildman–Crippen LogP) is 2.30. The number of carbonyl (C=O) groups excluding carboxylic acids is 2. The summed E-state index contributed by atoms with van der Waals surface area (Å²) in [6, 6.07) is 11.3. The summed E-state index contributed by atoms with van der Waals surface area (Å²) in [5.74, 6) is 0.630. The van der Waals surface area contributed by atoms with Gasteiger partial charge in [-0.15, -0.1) is 0 Å². The predicted molar refractivity (Wildman–Crippen MR) is 128 cm³/mol. The minimum atomic E-state index is -0.533. The molecule has 4 heterocycles. The summed E-state index contributed by atoms with van der Waals surface area (Å²) >= 11 is 0. The van der Waals surface area contributed by atoms with Gasteiger partial charge in [-0.25, -0.2) is 4.79 Å². The monoisotopic (exact) mass is 479 g/mol. The van der Waals surface area contributed by atoms with Crippen molar-refractivity contribution >= 4 is 22.8 Å². The maximum absolute atomic E-state index is 13.0. The van der Waals surface area contributed by atoms with Gasteiger partial charge >= 0.3 is 5.97 Å². The summed E-state index contributed by atoms with van der Waals surface area (Å²) in [5, 5.41) is 1.06. The zero-order valence-electron chi connectivity index (χ0n) is 20.0. The number of nitrogens with zero attached hydrogens (tertiary/aromatic N) is 3. The van der Waals surface area contributed by atoms with Gasteiger partial charge in [0.1, 0.15) is 22.7 Å². The van der Waals surface area contributed by atoms with Gasteiger partial charge in [0.2, 0.25) is 5.91 Å². The average Bonchev–Trinajstić information content (AvgIpc) is 3.32. The molecule has 3 aromatic rings. The molecule has 0 N–H and O–H groups in total. The summed E-state index contributed by atoms with van der Waals surface area (Å²) < 4.78 is 18.6. The van der Waals surface area contributed by atoms with Crippen molar-refractivity contribution in [1.29, 1.82) is 0 Å². The normalized spacial score (nSPS) is 18.5. The molecular weight excluding hydrogens is 450 g/mol. The molecule has 2 aromatic heterocycles. The smallest absolute Gasteiger partial charge is 0.343 e. The number of hydrogen-bond acceptors (Lipinski definition) is 7. The van der Waals surface area contributed by atoms with Crippen molar-refractivity contribution in [3.8, 4) is 5.75 Å². The molecule has 1 atom stereocenters. The fourth-order valence-electron chi connectivity index (χ4n) is 5.00. The van der Waals surface area contributed by atoms with Crippen molar-refractivity contribution < 1.29 is 23.5 Å². The second-order valence-corrected chi connectivity index (χ2v) is 9.24. The van der Waals surface area contributed by atoms with E-state index in [1.54, 1.807) is 16.5 Å². The fourth-order valence-corrected chi connectivity index (χ4v) is 5.00. The van der Waals surface area contributed by atoms with Crippen LogP contribution in [0, 0.1) is 5.92 Å². The number of esters is 1. The van der Waals surface area contributed by atoms with E-state index in [9.17, 15) is 14.4 Å². The van der Waals surface area contributed by atoms with Gasteiger partial charge in [-0.1, -0.05) is 18.2 Å². The third kappa shape index (κ3) is 4.68. The lowest BCUT2D eigenvalue weighted by Gasteiger charge is -2.18. The van der Waals surface area contributed by atoms with E-state index in [2.05, 4.69) is 4.90 Å². The highest BCUT2D eigenvalue weighted by molar-refractivity contribution is 5.93. The highest BCUT2D eigenvalue weighted by atomic mass is 16.5. The van der Waals surface area contributed by atoms with Crippen LogP contribution >= 0.6 is 0 Å². The van der Waals surface area contributed by atoms with Crippen LogP contribution < -0.4 is 10.3 Å². The molecule has 2 aliphatic rings. The average molecular weight is 480 g/mol. The Kier molecular flexibility index (Phi) is 6.34. The molecule has 0 unspecified atom stereocenters. The number of fused-ring (bicyclic) bond motifs is 2. The van der Waals surface area contributed by atoms with Crippen molar-refractivity contribution in [1.82, 2.24) is 14.4 Å². The van der Waals surface area contributed by atoms with Crippen LogP contribution in [0.2, 0.25) is 0 Å². The second kappa shape index (κ2) is 9.58. The van der Waals surface area contributed by atoms with E-state index >= 15 is 0 Å². The van der Waals surface area contributed by atoms with Crippen LogP contribution in [0.4, 0.5) is 0 Å². The number of furan rings is 1. The Morgan fingerprint density at radius 3 is 2.71 bits per heavy atom. The number of hydrogen-bond donors (Lipinski definition) is 0. The molecule has 5 rings (SSSR count). The van der Waals surface area contributed by atoms with E-state index in [1.165, 1.54) is 13.2 Å². The molecule has 0 spiro atoms. The zero-order chi connectivity index (χ0) is 24.5. The first-order valence-corrected chi connectivity index (χ1v) is 11.8. The highest BCUT2D eigenvalue weighted by Gasteiger charge is 2.30. The minimum absolute atomic E-state index is 0.0128. The van der Waals surface area contributed by atoms with Crippen molar-refractivity contribution in [3.63, 3.8) is 0 Å². The summed E-state index contributed by atoms with van der Waals surface area (Å²) in [6.07, 6.45) is 0.881. The number of carbonyl (C=O) groups is 2. The Morgan fingerprint density at radius 2 is 1.97 bits per heavy atom. The lowest BCUT2D eigenvalue weighted by molar-refractivity contribution is -0.126. The quantitative estimate of drug-likeness (QED) is 0.501. The second-order valence-electron chi connectivity index (χ2n) is 9.24. The largest absolute Gasteiger partial charge is 0.492 e. The third-order valence-corrected chi connectivity index (χ3v) is 6.83. The number of amides is 1. The number of pyridine rings is 1. The first-order chi connectivity index (χ1) is 16.9. The molecule has 0 aliphatic carbocycles. The lowest BCUT2D eigenvalue weighted by Crippen LogP contribution is -2.29. The van der Waals surface area contributed by atoms with E-state index < -0.39 is 5.97 Å². The number of ether oxygens (including phenoxy) is 2. The van der Waals surface area contributed by atoms with Gasteiger partial charge < -0.3 is 23.4 Å². The van der Waals surface area contributed by atoms with Gasteiger partial charge in [-0.3, -0.25) is 14.5 Å². The van der Waals surface area contributed by atoms with Crippen molar-refractivity contribution in [3.05, 3.63) is 63.8 Å². The van der Waals surface area contributed by atoms with Crippen LogP contribution in [0.15, 0.2) is 45.6 Å². The minimum Gasteiger partial charge on any atom is -0.492 e. The molecule has 0 bridgehead atoms. The molecule has 0 saturated carbocycles. The van der Waals surface area contributed by atoms with Gasteiger partial charge in [0, 0.05) is 69.1 Å². The third-order valence-electron chi connectivity index (χ3n) is 6.83. The molecule has 9 nitrogen and oxygen atoms in total. The molecule has 35 heavy (non-hydrogen) atoms. The first kappa shape index (κ1) is 23.2. The number of likely N-dealkylation sites (tertiary alicyclic amines) is 1. The number of rotatable bonds is 6. The van der Waals surface area contributed by atoms with E-state index in [0.717, 1.165) is 16.7 Å². The van der Waals surface area contributed by atoms with Crippen LogP contribution in [0.5, 0.6) is 5.75 Å². The van der Waals surface area contributed by atoms with Crippen LogP contribution in [0.1, 0.15) is 28.2 Å². The Bertz CT molecular complexity index is 1290.